The molecule has 0 aliphatic carbocycles. The minimum absolute atomic E-state index is 0.595. The van der Waals surface area contributed by atoms with Gasteiger partial charge in [0, 0.05) is 25.4 Å². The van der Waals surface area contributed by atoms with Gasteiger partial charge >= 0.3 is 0 Å². The molecular formula is C14H18N4. The standard InChI is InChI=1S/C14H18N4/c1-9(2)8-18-10(3)17-12-7-16-11-5-4-6-15-13(11)14(12)18/h5-7,9,16H,4,8H2,1-3H3. The van der Waals surface area contributed by atoms with Crippen LogP contribution in [0.4, 0.5) is 0 Å². The highest BCUT2D eigenvalue weighted by atomic mass is 15.1. The molecule has 3 rings (SSSR count). The quantitative estimate of drug-likeness (QED) is 0.827. The second kappa shape index (κ2) is 4.12. The van der Waals surface area contributed by atoms with Crippen LogP contribution in [0.1, 0.15) is 26.1 Å². The highest BCUT2D eigenvalue weighted by Gasteiger charge is 2.17. The molecule has 1 aromatic heterocycles. The van der Waals surface area contributed by atoms with Gasteiger partial charge in [0.25, 0.3) is 0 Å². The molecule has 2 aliphatic heterocycles. The second-order valence-corrected chi connectivity index (χ2v) is 5.20. The highest BCUT2D eigenvalue weighted by Crippen LogP contribution is 2.14. The molecule has 0 atom stereocenters. The van der Waals surface area contributed by atoms with Gasteiger partial charge in [0.1, 0.15) is 16.9 Å². The van der Waals surface area contributed by atoms with Crippen LogP contribution in [0.5, 0.6) is 0 Å². The zero-order valence-corrected chi connectivity index (χ0v) is 11.1. The smallest absolute Gasteiger partial charge is 0.112 e. The average Bonchev–Trinajstić information content (AvgIpc) is 2.66. The van der Waals surface area contributed by atoms with Crippen LogP contribution in [-0.2, 0) is 6.54 Å². The van der Waals surface area contributed by atoms with Crippen molar-refractivity contribution in [2.45, 2.75) is 33.7 Å². The molecule has 1 N–H and O–H groups in total. The van der Waals surface area contributed by atoms with Gasteiger partial charge in [0.2, 0.25) is 0 Å². The van der Waals surface area contributed by atoms with E-state index in [0.717, 1.165) is 40.9 Å². The van der Waals surface area contributed by atoms with E-state index in [1.807, 2.05) is 12.4 Å². The van der Waals surface area contributed by atoms with E-state index >= 15 is 0 Å². The number of hydrogen-bond donors (Lipinski definition) is 1. The number of fused-ring (bicyclic) bond motifs is 2. The molecule has 1 aromatic rings. The molecule has 94 valence electrons. The third-order valence-electron chi connectivity index (χ3n) is 3.22. The summed E-state index contributed by atoms with van der Waals surface area (Å²) >= 11 is 0. The first-order chi connectivity index (χ1) is 8.66. The average molecular weight is 242 g/mol. The molecule has 0 unspecified atom stereocenters. The molecule has 0 saturated heterocycles. The van der Waals surface area contributed by atoms with Gasteiger partial charge in [-0.25, -0.2) is 4.98 Å². The monoisotopic (exact) mass is 242 g/mol. The fourth-order valence-corrected chi connectivity index (χ4v) is 2.47. The largest absolute Gasteiger partial charge is 0.358 e. The van der Waals surface area contributed by atoms with Gasteiger partial charge in [-0.1, -0.05) is 19.9 Å². The molecule has 0 bridgehead atoms. The Morgan fingerprint density at radius 3 is 3.06 bits per heavy atom. The van der Waals surface area contributed by atoms with Crippen LogP contribution in [0.2, 0.25) is 0 Å². The Kier molecular flexibility index (Phi) is 2.58. The van der Waals surface area contributed by atoms with Crippen molar-refractivity contribution in [1.82, 2.24) is 14.9 Å². The normalized spacial score (nSPS) is 16.9. The van der Waals surface area contributed by atoms with E-state index in [-0.39, 0.29) is 0 Å². The topological polar surface area (TPSA) is 42.2 Å². The Hall–Kier alpha value is -1.84. The predicted octanol–water partition coefficient (Wildman–Crippen LogP) is 0.655. The molecule has 0 amide bonds. The SMILES string of the molecule is Cc1nc2c(n1CC(C)C)=C1N=CCC=C1NC=2. The van der Waals surface area contributed by atoms with Crippen molar-refractivity contribution < 1.29 is 0 Å². The van der Waals surface area contributed by atoms with Crippen molar-refractivity contribution in [2.24, 2.45) is 10.9 Å². The highest BCUT2D eigenvalue weighted by molar-refractivity contribution is 5.78. The van der Waals surface area contributed by atoms with Crippen LogP contribution in [-0.4, -0.2) is 15.8 Å². The maximum atomic E-state index is 4.62. The molecular weight excluding hydrogens is 224 g/mol. The maximum absolute atomic E-state index is 4.62. The number of allylic oxidation sites excluding steroid dienone is 1. The molecule has 0 spiro atoms. The van der Waals surface area contributed by atoms with Crippen molar-refractivity contribution in [3.05, 3.63) is 28.3 Å². The molecule has 18 heavy (non-hydrogen) atoms. The summed E-state index contributed by atoms with van der Waals surface area (Å²) < 4.78 is 2.28. The van der Waals surface area contributed by atoms with Gasteiger partial charge in [-0.15, -0.1) is 0 Å². The molecule has 3 heterocycles. The van der Waals surface area contributed by atoms with Gasteiger partial charge in [-0.05, 0) is 12.8 Å². The number of nitrogens with one attached hydrogen (secondary N) is 1. The van der Waals surface area contributed by atoms with Crippen LogP contribution < -0.4 is 16.0 Å². The molecule has 4 heteroatoms. The van der Waals surface area contributed by atoms with Crippen LogP contribution in [0.15, 0.2) is 16.8 Å². The van der Waals surface area contributed by atoms with E-state index in [9.17, 15) is 0 Å². The molecule has 0 saturated carbocycles. The molecule has 0 fully saturated rings. The number of dihydropyridines is 1. The van der Waals surface area contributed by atoms with Crippen molar-refractivity contribution >= 4 is 18.1 Å². The Bertz CT molecular complexity index is 659. The lowest BCUT2D eigenvalue weighted by atomic mass is 10.1. The fourth-order valence-electron chi connectivity index (χ4n) is 2.47. The minimum atomic E-state index is 0.595. The van der Waals surface area contributed by atoms with Gasteiger partial charge in [0.05, 0.1) is 11.0 Å². The summed E-state index contributed by atoms with van der Waals surface area (Å²) in [5.74, 6) is 1.65. The summed E-state index contributed by atoms with van der Waals surface area (Å²) in [5.41, 5.74) is 2.13. The number of rotatable bonds is 2. The van der Waals surface area contributed by atoms with Gasteiger partial charge < -0.3 is 9.88 Å². The van der Waals surface area contributed by atoms with Gasteiger partial charge in [0.15, 0.2) is 0 Å². The Balaban J connectivity index is 2.32. The van der Waals surface area contributed by atoms with Gasteiger partial charge in [-0.2, -0.15) is 0 Å². The summed E-state index contributed by atoms with van der Waals surface area (Å²) in [5, 5.41) is 5.43. The van der Waals surface area contributed by atoms with E-state index in [1.54, 1.807) is 0 Å². The fraction of sp³-hybridized carbons (Fsp3) is 0.429. The third-order valence-corrected chi connectivity index (χ3v) is 3.22. The van der Waals surface area contributed by atoms with E-state index in [1.165, 1.54) is 0 Å². The number of aliphatic imine (C=N–C) groups is 1. The Labute approximate surface area is 106 Å². The maximum Gasteiger partial charge on any atom is 0.112 e. The van der Waals surface area contributed by atoms with Gasteiger partial charge in [-0.3, -0.25) is 4.99 Å². The number of aryl methyl sites for hydroxylation is 1. The predicted molar refractivity (Wildman–Crippen MR) is 73.3 cm³/mol. The minimum Gasteiger partial charge on any atom is -0.358 e. The summed E-state index contributed by atoms with van der Waals surface area (Å²) in [6, 6.07) is 0. The number of nitrogens with zero attached hydrogens (tertiary/aromatic N) is 3. The van der Waals surface area contributed by atoms with Crippen LogP contribution in [0, 0.1) is 12.8 Å². The second-order valence-electron chi connectivity index (χ2n) is 5.20. The van der Waals surface area contributed by atoms with Crippen molar-refractivity contribution in [2.75, 3.05) is 0 Å². The first kappa shape index (κ1) is 11.3. The molecule has 4 nitrogen and oxygen atoms in total. The zero-order chi connectivity index (χ0) is 12.7. The number of hydrogen-bond acceptors (Lipinski definition) is 3. The van der Waals surface area contributed by atoms with Crippen LogP contribution >= 0.6 is 0 Å². The molecule has 2 aliphatic rings. The zero-order valence-electron chi connectivity index (χ0n) is 11.1. The lowest BCUT2D eigenvalue weighted by Crippen LogP contribution is -2.40. The third kappa shape index (κ3) is 1.68. The lowest BCUT2D eigenvalue weighted by Gasteiger charge is -2.16. The summed E-state index contributed by atoms with van der Waals surface area (Å²) in [6.07, 6.45) is 7.00. The van der Waals surface area contributed by atoms with Crippen LogP contribution in [0.25, 0.3) is 11.9 Å². The van der Waals surface area contributed by atoms with Crippen LogP contribution in [0.3, 0.4) is 0 Å². The molecule has 0 radical (unpaired) electrons. The summed E-state index contributed by atoms with van der Waals surface area (Å²) in [4.78, 5) is 9.17. The first-order valence-electron chi connectivity index (χ1n) is 6.44. The van der Waals surface area contributed by atoms with E-state index in [0.29, 0.717) is 5.92 Å². The lowest BCUT2D eigenvalue weighted by molar-refractivity contribution is 0.504. The van der Waals surface area contributed by atoms with E-state index in [4.69, 9.17) is 0 Å². The van der Waals surface area contributed by atoms with Crippen molar-refractivity contribution in [1.29, 1.82) is 0 Å². The number of aromatic nitrogens is 2. The van der Waals surface area contributed by atoms with E-state index in [2.05, 4.69) is 46.7 Å². The molecule has 0 aromatic carbocycles. The van der Waals surface area contributed by atoms with Crippen molar-refractivity contribution in [3.8, 4) is 0 Å². The van der Waals surface area contributed by atoms with Crippen molar-refractivity contribution in [3.63, 3.8) is 0 Å². The summed E-state index contributed by atoms with van der Waals surface area (Å²) in [6.45, 7) is 7.49. The number of imidazole rings is 1. The summed E-state index contributed by atoms with van der Waals surface area (Å²) in [7, 11) is 0. The Morgan fingerprint density at radius 2 is 2.28 bits per heavy atom. The first-order valence-corrected chi connectivity index (χ1v) is 6.44. The van der Waals surface area contributed by atoms with E-state index < -0.39 is 0 Å². The Morgan fingerprint density at radius 1 is 1.44 bits per heavy atom.